The highest BCUT2D eigenvalue weighted by Gasteiger charge is 2.30. The quantitative estimate of drug-likeness (QED) is 0.0222. The van der Waals surface area contributed by atoms with Crippen LogP contribution in [0.15, 0.2) is 0 Å². The Morgan fingerprint density at radius 1 is 0.280 bits per heavy atom. The average molecular weight is 1470 g/mol. The molecule has 5 unspecified atom stereocenters. The van der Waals surface area contributed by atoms with Crippen LogP contribution in [0.5, 0.6) is 0 Å². The van der Waals surface area contributed by atoms with E-state index in [0.717, 1.165) is 114 Å². The van der Waals surface area contributed by atoms with Crippen molar-refractivity contribution in [3.05, 3.63) is 0 Å². The number of esters is 4. The van der Waals surface area contributed by atoms with E-state index in [2.05, 4.69) is 48.5 Å². The van der Waals surface area contributed by atoms with Gasteiger partial charge in [-0.25, -0.2) is 9.13 Å². The fourth-order valence-electron chi connectivity index (χ4n) is 12.4. The zero-order valence-electron chi connectivity index (χ0n) is 65.7. The summed E-state index contributed by atoms with van der Waals surface area (Å²) in [5.41, 5.74) is 0. The van der Waals surface area contributed by atoms with Gasteiger partial charge in [-0.15, -0.1) is 0 Å². The summed E-state index contributed by atoms with van der Waals surface area (Å²) in [6, 6.07) is 0. The summed E-state index contributed by atoms with van der Waals surface area (Å²) < 4.78 is 68.6. The molecule has 0 aromatic carbocycles. The molecule has 0 saturated heterocycles. The van der Waals surface area contributed by atoms with Crippen LogP contribution in [0.4, 0.5) is 0 Å². The molecule has 0 spiro atoms. The Kier molecular flexibility index (Phi) is 69.9. The van der Waals surface area contributed by atoms with Gasteiger partial charge in [-0.05, 0) is 43.4 Å². The fourth-order valence-corrected chi connectivity index (χ4v) is 14.0. The molecule has 0 bridgehead atoms. The minimum atomic E-state index is -4.96. The van der Waals surface area contributed by atoms with Gasteiger partial charge in [0.05, 0.1) is 26.4 Å². The number of carbonyl (C=O) groups excluding carboxylic acids is 4. The zero-order chi connectivity index (χ0) is 73.7. The summed E-state index contributed by atoms with van der Waals surface area (Å²) in [5, 5.41) is 10.6. The first-order valence-electron chi connectivity index (χ1n) is 42.0. The summed E-state index contributed by atoms with van der Waals surface area (Å²) >= 11 is 0. The van der Waals surface area contributed by atoms with Crippen molar-refractivity contribution in [1.29, 1.82) is 0 Å². The number of ether oxygens (including phenoxy) is 4. The monoisotopic (exact) mass is 1470 g/mol. The number of rotatable bonds is 79. The number of phosphoric ester groups is 2. The van der Waals surface area contributed by atoms with Gasteiger partial charge in [0.25, 0.3) is 0 Å². The summed E-state index contributed by atoms with van der Waals surface area (Å²) in [5.74, 6) is 0.183. The number of phosphoric acid groups is 2. The van der Waals surface area contributed by atoms with Crippen molar-refractivity contribution in [3.8, 4) is 0 Å². The van der Waals surface area contributed by atoms with Gasteiger partial charge in [-0.3, -0.25) is 37.3 Å². The van der Waals surface area contributed by atoms with Crippen LogP contribution < -0.4 is 0 Å². The number of hydrogen-bond donors (Lipinski definition) is 3. The highest BCUT2D eigenvalue weighted by molar-refractivity contribution is 7.47. The molecule has 0 aliphatic heterocycles. The van der Waals surface area contributed by atoms with Crippen molar-refractivity contribution in [2.24, 2.45) is 17.8 Å². The SMILES string of the molecule is CCCCCCCCCCCCCCCCCCCCCCCCC(=O)O[C@H](COC(=O)CCCCCCCCCCCCCCCCC(C)CC)COP(=O)(O)OC[C@@H](O)COP(=O)(O)OC[C@@H](COC(=O)CCCCCCCCC(C)CC)OC(=O)CCCCCCCCC(C)CC. The molecule has 0 rings (SSSR count). The molecule has 17 nitrogen and oxygen atoms in total. The largest absolute Gasteiger partial charge is 0.472 e. The molecule has 0 aliphatic carbocycles. The molecular weight excluding hydrogens is 1310 g/mol. The maximum atomic E-state index is 13.1. The van der Waals surface area contributed by atoms with E-state index < -0.39 is 97.5 Å². The lowest BCUT2D eigenvalue weighted by molar-refractivity contribution is -0.161. The van der Waals surface area contributed by atoms with E-state index in [1.165, 1.54) is 225 Å². The third kappa shape index (κ3) is 70.4. The van der Waals surface area contributed by atoms with Gasteiger partial charge in [0, 0.05) is 25.7 Å². The van der Waals surface area contributed by atoms with Gasteiger partial charge in [0.15, 0.2) is 12.2 Å². The van der Waals surface area contributed by atoms with Gasteiger partial charge in [0.1, 0.15) is 19.3 Å². The second-order valence-corrected chi connectivity index (χ2v) is 32.8. The Morgan fingerprint density at radius 2 is 0.480 bits per heavy atom. The van der Waals surface area contributed by atoms with Crippen LogP contribution in [0.1, 0.15) is 421 Å². The Hall–Kier alpha value is -1.94. The highest BCUT2D eigenvalue weighted by atomic mass is 31.2. The third-order valence-corrected chi connectivity index (χ3v) is 21.9. The predicted molar refractivity (Wildman–Crippen MR) is 409 cm³/mol. The molecule has 8 atom stereocenters. The summed E-state index contributed by atoms with van der Waals surface area (Å²) in [4.78, 5) is 72.9. The highest BCUT2D eigenvalue weighted by Crippen LogP contribution is 2.45. The van der Waals surface area contributed by atoms with Crippen LogP contribution >= 0.6 is 15.6 Å². The maximum absolute atomic E-state index is 13.1. The zero-order valence-corrected chi connectivity index (χ0v) is 67.5. The van der Waals surface area contributed by atoms with Gasteiger partial charge in [0.2, 0.25) is 0 Å². The van der Waals surface area contributed by atoms with Crippen molar-refractivity contribution in [2.75, 3.05) is 39.6 Å². The number of hydrogen-bond acceptors (Lipinski definition) is 15. The number of unbranched alkanes of at least 4 members (excludes halogenated alkanes) is 44. The maximum Gasteiger partial charge on any atom is 0.472 e. The van der Waals surface area contributed by atoms with Crippen LogP contribution in [-0.2, 0) is 65.4 Å². The number of carbonyl (C=O) groups is 4. The number of aliphatic hydroxyl groups is 1. The van der Waals surface area contributed by atoms with E-state index in [0.29, 0.717) is 25.7 Å². The van der Waals surface area contributed by atoms with Crippen LogP contribution in [0.2, 0.25) is 0 Å². The molecule has 0 aromatic rings. The molecule has 0 aromatic heterocycles. The molecule has 0 saturated carbocycles. The normalized spacial score (nSPS) is 14.8. The second kappa shape index (κ2) is 71.3. The van der Waals surface area contributed by atoms with E-state index >= 15 is 0 Å². The molecule has 0 heterocycles. The summed E-state index contributed by atoms with van der Waals surface area (Å²) in [7, 11) is -9.92. The number of aliphatic hydroxyl groups excluding tert-OH is 1. The lowest BCUT2D eigenvalue weighted by atomic mass is 9.99. The molecular formula is C81H158O17P2. The summed E-state index contributed by atoms with van der Waals surface area (Å²) in [6.07, 6.45) is 59.9. The molecule has 0 radical (unpaired) electrons. The van der Waals surface area contributed by atoms with E-state index in [4.69, 9.17) is 37.0 Å². The smallest absolute Gasteiger partial charge is 0.462 e. The van der Waals surface area contributed by atoms with Gasteiger partial charge in [-0.2, -0.15) is 0 Å². The molecule has 0 aliphatic rings. The Morgan fingerprint density at radius 3 is 0.710 bits per heavy atom. The molecule has 0 fully saturated rings. The van der Waals surface area contributed by atoms with Crippen LogP contribution in [-0.4, -0.2) is 96.7 Å². The average Bonchev–Trinajstić information content (AvgIpc) is 0.918. The van der Waals surface area contributed by atoms with Crippen molar-refractivity contribution in [3.63, 3.8) is 0 Å². The second-order valence-electron chi connectivity index (χ2n) is 29.9. The first-order chi connectivity index (χ1) is 48.3. The van der Waals surface area contributed by atoms with Gasteiger partial charge >= 0.3 is 39.5 Å². The standard InChI is InChI=1S/C81H158O17P2/c1-8-12-13-14-15-16-17-18-19-20-21-22-23-24-25-26-31-34-37-40-50-57-64-80(85)97-76(68-91-78(83)62-55-48-39-36-33-30-28-27-29-32-35-38-45-52-59-72(5)9-2)70-95-99(87,88)93-66-75(82)67-94-100(89,90)96-71-77(98-81(86)65-58-51-44-42-47-54-61-74(7)11-4)69-92-79(84)63-56-49-43-41-46-53-60-73(6)10-3/h72-77,82H,8-71H2,1-7H3,(H,87,88)(H,89,90)/t72?,73?,74?,75-,76-,77-/m1/s1. The minimum Gasteiger partial charge on any atom is -0.462 e. The van der Waals surface area contributed by atoms with E-state index in [1.54, 1.807) is 0 Å². The van der Waals surface area contributed by atoms with E-state index in [1.807, 2.05) is 0 Å². The summed E-state index contributed by atoms with van der Waals surface area (Å²) in [6.45, 7) is 11.9. The van der Waals surface area contributed by atoms with Crippen LogP contribution in [0, 0.1) is 17.8 Å². The van der Waals surface area contributed by atoms with Crippen molar-refractivity contribution < 1.29 is 80.2 Å². The molecule has 594 valence electrons. The van der Waals surface area contributed by atoms with Gasteiger partial charge in [-0.1, -0.05) is 370 Å². The first-order valence-corrected chi connectivity index (χ1v) is 45.0. The predicted octanol–water partition coefficient (Wildman–Crippen LogP) is 24.1. The Bertz CT molecular complexity index is 1950. The topological polar surface area (TPSA) is 237 Å². The first kappa shape index (κ1) is 98.1. The molecule has 100 heavy (non-hydrogen) atoms. The van der Waals surface area contributed by atoms with Gasteiger partial charge < -0.3 is 33.8 Å². The van der Waals surface area contributed by atoms with Crippen molar-refractivity contribution in [2.45, 2.75) is 439 Å². The Balaban J connectivity index is 5.20. The molecule has 3 N–H and O–H groups in total. The fraction of sp³-hybridized carbons (Fsp3) is 0.951. The van der Waals surface area contributed by atoms with Crippen molar-refractivity contribution in [1.82, 2.24) is 0 Å². The van der Waals surface area contributed by atoms with E-state index in [-0.39, 0.29) is 25.7 Å². The van der Waals surface area contributed by atoms with E-state index in [9.17, 15) is 43.2 Å². The Labute approximate surface area is 613 Å². The van der Waals surface area contributed by atoms with Crippen LogP contribution in [0.3, 0.4) is 0 Å². The lowest BCUT2D eigenvalue weighted by Crippen LogP contribution is -2.30. The minimum absolute atomic E-state index is 0.102. The molecule has 0 amide bonds. The third-order valence-electron chi connectivity index (χ3n) is 20.0. The molecule has 19 heteroatoms. The lowest BCUT2D eigenvalue weighted by Gasteiger charge is -2.21. The van der Waals surface area contributed by atoms with Crippen LogP contribution in [0.25, 0.3) is 0 Å². The van der Waals surface area contributed by atoms with Crippen molar-refractivity contribution >= 4 is 39.5 Å².